The fourth-order valence-electron chi connectivity index (χ4n) is 14.9. The number of carbonyl (C=O) groups is 8. The fraction of sp³-hybridized carbons (Fsp3) is 0.321. The number of anilines is 2. The third kappa shape index (κ3) is 17.3. The summed E-state index contributed by atoms with van der Waals surface area (Å²) in [7, 11) is -2.53. The number of hydrogen-bond acceptors (Lipinski definition) is 22. The Kier molecular flexibility index (Phi) is 24.3. The number of aromatic nitrogens is 4. The molecule has 9 aromatic rings. The molecular formula is C84H87FN8O20S. The van der Waals surface area contributed by atoms with Crippen LogP contribution in [0, 0.1) is 29.5 Å². The summed E-state index contributed by atoms with van der Waals surface area (Å²) in [5.74, 6) is -7.01. The van der Waals surface area contributed by atoms with E-state index in [2.05, 4.69) is 31.2 Å². The number of ketones is 1. The first-order valence-corrected chi connectivity index (χ1v) is 37.8. The summed E-state index contributed by atoms with van der Waals surface area (Å²) in [5.41, 5.74) is -3.89. The van der Waals surface area contributed by atoms with Crippen LogP contribution in [0.15, 0.2) is 210 Å². The molecule has 0 radical (unpaired) electrons. The minimum absolute atomic E-state index is 0.00289. The molecule has 3 aromatic heterocycles. The molecule has 13 rings (SSSR count). The van der Waals surface area contributed by atoms with Gasteiger partial charge in [0.25, 0.3) is 21.9 Å². The maximum absolute atomic E-state index is 15.5. The summed E-state index contributed by atoms with van der Waals surface area (Å²) in [5, 5.41) is 53.7. The van der Waals surface area contributed by atoms with Crippen LogP contribution in [0.3, 0.4) is 0 Å². The first-order chi connectivity index (χ1) is 53.9. The SMILES string of the molecule is CC(=O)O[C@H]1C(=O)[C@@]2(C)[C@H]([C@H](OC(=O)c3ccccc3)[C@]3(O)C[C@H](OC(=O)[C@H](O)[C@@H](NC(=O)c4ccccc4)c4ccccc4)C(C)=C1C3(C)C)[C@]1(OC(C)=O)CO[C@@H]1C[C@@H]2O.CNC(=O)c1cc(Oc2ccc(NC(=O)Nc3cc(C(C)(C)C)nn3-c3ccc4ncccc4c3)c(F)c2)ccn1.Cc1ccc(S(=O)(=O)O)cc1. The molecule has 1 aliphatic heterocycles. The van der Waals surface area contributed by atoms with Crippen LogP contribution >= 0.6 is 0 Å². The Balaban J connectivity index is 0.000000210. The van der Waals surface area contributed by atoms with Crippen molar-refractivity contribution in [3.05, 3.63) is 245 Å². The lowest BCUT2D eigenvalue weighted by Gasteiger charge is -2.67. The molecule has 30 heteroatoms. The number of aliphatic hydroxyl groups excluding tert-OH is 2. The molecule has 2 saturated carbocycles. The third-order valence-corrected chi connectivity index (χ3v) is 21.8. The van der Waals surface area contributed by atoms with Crippen LogP contribution in [-0.2, 0) is 58.4 Å². The number of amides is 4. The van der Waals surface area contributed by atoms with Crippen molar-refractivity contribution in [2.75, 3.05) is 24.3 Å². The minimum atomic E-state index is -4.02. The van der Waals surface area contributed by atoms with Gasteiger partial charge in [-0.2, -0.15) is 13.5 Å². The number of benzene rings is 6. The van der Waals surface area contributed by atoms with Gasteiger partial charge in [-0.3, -0.25) is 43.8 Å². The molecule has 28 nitrogen and oxygen atoms in total. The van der Waals surface area contributed by atoms with Crippen LogP contribution in [0.5, 0.6) is 11.5 Å². The maximum atomic E-state index is 15.5. The van der Waals surface area contributed by atoms with Crippen molar-refractivity contribution >= 4 is 80.0 Å². The van der Waals surface area contributed by atoms with E-state index >= 15 is 4.79 Å². The summed E-state index contributed by atoms with van der Waals surface area (Å²) in [4.78, 5) is 117. The Morgan fingerprint density at radius 3 is 1.98 bits per heavy atom. The zero-order chi connectivity index (χ0) is 82.6. The second-order valence-electron chi connectivity index (χ2n) is 29.9. The van der Waals surface area contributed by atoms with E-state index in [9.17, 15) is 61.7 Å². The van der Waals surface area contributed by atoms with Gasteiger partial charge in [-0.15, -0.1) is 0 Å². The zero-order valence-corrected chi connectivity index (χ0v) is 64.9. The van der Waals surface area contributed by atoms with Crippen LogP contribution < -0.4 is 26.0 Å². The number of aryl methyl sites for hydroxylation is 1. The largest absolute Gasteiger partial charge is 0.457 e. The molecule has 1 saturated heterocycles. The summed E-state index contributed by atoms with van der Waals surface area (Å²) in [6, 6.07) is 46.6. The highest BCUT2D eigenvalue weighted by Gasteiger charge is 2.78. The number of Topliss-reactive ketones (excluding diaryl/α,β-unsaturated/α-hetero) is 1. The van der Waals surface area contributed by atoms with Crippen molar-refractivity contribution in [2.24, 2.45) is 16.7 Å². The van der Waals surface area contributed by atoms with Crippen molar-refractivity contribution in [1.29, 1.82) is 0 Å². The topological polar surface area (TPSA) is 399 Å². The monoisotopic (exact) mass is 1580 g/mol. The van der Waals surface area contributed by atoms with Gasteiger partial charge in [0.1, 0.15) is 52.7 Å². The van der Waals surface area contributed by atoms with Crippen LogP contribution in [0.4, 0.5) is 20.7 Å². The van der Waals surface area contributed by atoms with Gasteiger partial charge in [-0.05, 0) is 116 Å². The number of halogens is 1. The highest BCUT2D eigenvalue weighted by atomic mass is 32.2. The van der Waals surface area contributed by atoms with Gasteiger partial charge < -0.3 is 59.7 Å². The standard InChI is InChI=1S/C47H51NO14.C30H28FN7O3.C7H8O3S/c1-25-31(60-43(56)36(52)35(28-16-10-7-11-17-28)48-41(54)29-18-12-8-13-19-29)23-47(57)40(61-42(55)30-20-14-9-15-21-30)38-45(6,32(51)22-33-46(38,24-58-33)62-27(3)50)39(53)37(59-26(2)49)34(25)44(47,4)5;1-30(2,3)26-17-27(38(37-26)19-7-9-23-18(14-19)6-5-12-33-23)36-29(40)35-24-10-8-20(15-22(24)31)41-21-11-13-34-25(16-21)28(39)32-4;1-6-2-4-7(5-3-6)11(8,9)10/h7-21,31-33,35-38,40,51-52,57H,22-24H2,1-6H3,(H,48,54);5-17H,1-4H3,(H,32,39)(H2,35,36,40);2-5H,1H3,(H,8,9,10)/t31-,32-,33+,35-,36+,37+,38-,40-,45+,46-,47+;;/m0../s1. The van der Waals surface area contributed by atoms with Crippen molar-refractivity contribution in [2.45, 2.75) is 146 Å². The van der Waals surface area contributed by atoms with E-state index in [0.29, 0.717) is 17.1 Å². The lowest BCUT2D eigenvalue weighted by molar-refractivity contribution is -0.346. The number of rotatable bonds is 17. The second kappa shape index (κ2) is 33.4. The van der Waals surface area contributed by atoms with Crippen LogP contribution in [0.2, 0.25) is 0 Å². The summed E-state index contributed by atoms with van der Waals surface area (Å²) < 4.78 is 82.1. The van der Waals surface area contributed by atoms with Crippen LogP contribution in [0.25, 0.3) is 16.6 Å². The number of carbonyl (C=O) groups excluding carboxylic acids is 8. The molecule has 0 unspecified atom stereocenters. The number of ether oxygens (including phenoxy) is 6. The maximum Gasteiger partial charge on any atom is 0.338 e. The molecule has 6 aromatic carbocycles. The average Bonchev–Trinajstić information content (AvgIpc) is 0.718. The molecular weight excluding hydrogens is 1490 g/mol. The number of esters is 4. The van der Waals surface area contributed by atoms with Crippen molar-refractivity contribution in [1.82, 2.24) is 30.4 Å². The summed E-state index contributed by atoms with van der Waals surface area (Å²) in [6.07, 6.45) is -7.37. The number of nitrogens with one attached hydrogen (secondary N) is 4. The van der Waals surface area contributed by atoms with E-state index in [0.717, 1.165) is 47.8 Å². The number of pyridine rings is 2. The van der Waals surface area contributed by atoms with Gasteiger partial charge in [0, 0.05) is 86.1 Å². The van der Waals surface area contributed by atoms with Gasteiger partial charge in [-0.25, -0.2) is 23.5 Å². The van der Waals surface area contributed by atoms with E-state index in [1.807, 2.05) is 58.0 Å². The predicted octanol–water partition coefficient (Wildman–Crippen LogP) is 11.0. The molecule has 11 atom stereocenters. The minimum Gasteiger partial charge on any atom is -0.457 e. The number of hydrogen-bond donors (Lipinski definition) is 8. The number of fused-ring (bicyclic) bond motifs is 6. The number of aliphatic hydroxyl groups is 3. The van der Waals surface area contributed by atoms with E-state index in [1.165, 1.54) is 69.6 Å². The van der Waals surface area contributed by atoms with Crippen molar-refractivity contribution in [3.63, 3.8) is 0 Å². The Bertz CT molecular complexity index is 5300. The molecule has 596 valence electrons. The summed E-state index contributed by atoms with van der Waals surface area (Å²) >= 11 is 0. The molecule has 2 bridgehead atoms. The van der Waals surface area contributed by atoms with Gasteiger partial charge in [-0.1, -0.05) is 125 Å². The van der Waals surface area contributed by atoms with E-state index in [-0.39, 0.29) is 68.6 Å². The lowest BCUT2D eigenvalue weighted by atomic mass is 9.44. The number of nitrogens with zero attached hydrogens (tertiary/aromatic N) is 4. The lowest BCUT2D eigenvalue weighted by Crippen LogP contribution is -2.82. The van der Waals surface area contributed by atoms with Gasteiger partial charge in [0.2, 0.25) is 0 Å². The Morgan fingerprint density at radius 2 is 1.38 bits per heavy atom. The quantitative estimate of drug-likeness (QED) is 0.0182. The van der Waals surface area contributed by atoms with Gasteiger partial charge >= 0.3 is 29.9 Å². The highest BCUT2D eigenvalue weighted by molar-refractivity contribution is 7.85. The fourth-order valence-corrected chi connectivity index (χ4v) is 15.4. The summed E-state index contributed by atoms with van der Waals surface area (Å²) in [6.45, 7) is 15.9. The van der Waals surface area contributed by atoms with E-state index < -0.39 is 135 Å². The normalized spacial score (nSPS) is 22.5. The Morgan fingerprint density at radius 1 is 0.728 bits per heavy atom. The van der Waals surface area contributed by atoms with Gasteiger partial charge in [0.15, 0.2) is 23.6 Å². The van der Waals surface area contributed by atoms with Crippen LogP contribution in [-0.4, -0.2) is 157 Å². The molecule has 4 aliphatic rings. The number of urea groups is 1. The Labute approximate surface area is 656 Å². The van der Waals surface area contributed by atoms with Gasteiger partial charge in [0.05, 0.1) is 63.1 Å². The molecule has 3 fully saturated rings. The molecule has 8 N–H and O–H groups in total. The molecule has 4 amide bonds. The molecule has 0 spiro atoms. The van der Waals surface area contributed by atoms with E-state index in [4.69, 9.17) is 38.1 Å². The molecule has 3 aliphatic carbocycles. The van der Waals surface area contributed by atoms with Crippen molar-refractivity contribution in [3.8, 4) is 17.2 Å². The third-order valence-electron chi connectivity index (χ3n) is 21.0. The first kappa shape index (κ1) is 83.0. The smallest absolute Gasteiger partial charge is 0.338 e. The molecule has 114 heavy (non-hydrogen) atoms. The van der Waals surface area contributed by atoms with E-state index in [1.54, 1.807) is 128 Å². The predicted molar refractivity (Wildman–Crippen MR) is 413 cm³/mol. The first-order valence-electron chi connectivity index (χ1n) is 36.3. The Hall–Kier alpha value is -11.9. The average molecular weight is 1580 g/mol. The zero-order valence-electron chi connectivity index (χ0n) is 64.1. The molecule has 4 heterocycles. The van der Waals surface area contributed by atoms with Crippen molar-refractivity contribution < 1.29 is 99.5 Å². The second-order valence-corrected chi connectivity index (χ2v) is 31.3. The highest BCUT2D eigenvalue weighted by Crippen LogP contribution is 2.64. The van der Waals surface area contributed by atoms with Crippen LogP contribution in [0.1, 0.15) is 129 Å².